The summed E-state index contributed by atoms with van der Waals surface area (Å²) >= 11 is 0. The molecule has 2 aromatic carbocycles. The van der Waals surface area contributed by atoms with E-state index in [-0.39, 0.29) is 17.5 Å². The maximum Gasteiger partial charge on any atom is 0.422 e. The number of anilines is 3. The van der Waals surface area contributed by atoms with Crippen molar-refractivity contribution in [2.75, 3.05) is 17.2 Å². The van der Waals surface area contributed by atoms with E-state index >= 15 is 0 Å². The van der Waals surface area contributed by atoms with Crippen LogP contribution in [0.5, 0.6) is 6.01 Å². The second kappa shape index (κ2) is 8.57. The molecule has 0 spiro atoms. The summed E-state index contributed by atoms with van der Waals surface area (Å²) in [7, 11) is 0. The molecule has 0 atom stereocenters. The second-order valence-electron chi connectivity index (χ2n) is 7.75. The Morgan fingerprint density at radius 2 is 1.67 bits per heavy atom. The predicted octanol–water partition coefficient (Wildman–Crippen LogP) is 4.66. The van der Waals surface area contributed by atoms with Gasteiger partial charge >= 0.3 is 18.2 Å². The molecule has 1 aromatic heterocycles. The zero-order chi connectivity index (χ0) is 23.6. The average molecular weight is 459 g/mol. The fourth-order valence-electron chi connectivity index (χ4n) is 3.20. The van der Waals surface area contributed by atoms with Gasteiger partial charge in [0.25, 0.3) is 0 Å². The first-order valence-corrected chi connectivity index (χ1v) is 10.0. The third-order valence-electron chi connectivity index (χ3n) is 5.07. The van der Waals surface area contributed by atoms with Crippen molar-refractivity contribution in [1.29, 1.82) is 0 Å². The number of hydrogen-bond acceptors (Lipinski definition) is 7. The normalized spacial score (nSPS) is 14.4. The molecule has 0 bridgehead atoms. The zero-order valence-corrected chi connectivity index (χ0v) is 17.5. The monoisotopic (exact) mass is 459 g/mol. The van der Waals surface area contributed by atoms with E-state index in [1.54, 1.807) is 0 Å². The largest absolute Gasteiger partial charge is 0.478 e. The molecule has 0 unspecified atom stereocenters. The van der Waals surface area contributed by atoms with Gasteiger partial charge in [0.15, 0.2) is 6.61 Å². The molecule has 1 heterocycles. The molecular formula is C22H20F3N5O3. The molecule has 8 nitrogen and oxygen atoms in total. The lowest BCUT2D eigenvalue weighted by Gasteiger charge is -2.19. The highest BCUT2D eigenvalue weighted by atomic mass is 19.4. The summed E-state index contributed by atoms with van der Waals surface area (Å²) in [4.78, 5) is 23.2. The minimum Gasteiger partial charge on any atom is -0.478 e. The number of aromatic carboxylic acids is 1. The second-order valence-corrected chi connectivity index (χ2v) is 7.75. The molecule has 0 saturated heterocycles. The van der Waals surface area contributed by atoms with Crippen LogP contribution in [0, 0.1) is 6.92 Å². The number of halogens is 3. The van der Waals surface area contributed by atoms with Crippen LogP contribution < -0.4 is 15.4 Å². The van der Waals surface area contributed by atoms with Crippen molar-refractivity contribution in [3.63, 3.8) is 0 Å². The van der Waals surface area contributed by atoms with Crippen LogP contribution in [0.2, 0.25) is 0 Å². The summed E-state index contributed by atoms with van der Waals surface area (Å²) < 4.78 is 42.7. The minimum atomic E-state index is -4.56. The number of alkyl halides is 3. The number of hydrogen-bond donors (Lipinski definition) is 3. The Bertz CT molecular complexity index is 1150. The Morgan fingerprint density at radius 1 is 1.03 bits per heavy atom. The number of carboxylic acids is 1. The number of carbonyl (C=O) groups is 1. The van der Waals surface area contributed by atoms with Crippen molar-refractivity contribution >= 4 is 23.6 Å². The Hall–Kier alpha value is -3.89. The molecule has 33 heavy (non-hydrogen) atoms. The molecule has 3 N–H and O–H groups in total. The van der Waals surface area contributed by atoms with Crippen LogP contribution in [0.3, 0.4) is 0 Å². The number of rotatable bonds is 8. The highest BCUT2D eigenvalue weighted by Gasteiger charge is 2.45. The minimum absolute atomic E-state index is 0.0487. The summed E-state index contributed by atoms with van der Waals surface area (Å²) in [5.74, 6) is -1.07. The van der Waals surface area contributed by atoms with Crippen molar-refractivity contribution < 1.29 is 27.8 Å². The number of aryl methyl sites for hydroxylation is 1. The molecule has 172 valence electrons. The van der Waals surface area contributed by atoms with Crippen LogP contribution in [-0.2, 0) is 5.54 Å². The molecule has 11 heteroatoms. The number of benzene rings is 2. The van der Waals surface area contributed by atoms with E-state index < -0.39 is 30.3 Å². The Morgan fingerprint density at radius 3 is 2.24 bits per heavy atom. The molecule has 0 amide bonds. The van der Waals surface area contributed by atoms with Crippen molar-refractivity contribution in [3.05, 3.63) is 65.2 Å². The van der Waals surface area contributed by atoms with Crippen LogP contribution in [-0.4, -0.2) is 38.8 Å². The molecule has 0 aliphatic heterocycles. The lowest BCUT2D eigenvalue weighted by atomic mass is 10.0. The quantitative estimate of drug-likeness (QED) is 0.446. The van der Waals surface area contributed by atoms with Crippen LogP contribution in [0.15, 0.2) is 48.5 Å². The van der Waals surface area contributed by atoms with Crippen molar-refractivity contribution in [3.8, 4) is 6.01 Å². The first-order valence-electron chi connectivity index (χ1n) is 10.0. The number of ether oxygens (including phenoxy) is 1. The highest BCUT2D eigenvalue weighted by Crippen LogP contribution is 2.48. The molecule has 1 saturated carbocycles. The smallest absolute Gasteiger partial charge is 0.422 e. The summed E-state index contributed by atoms with van der Waals surface area (Å²) in [5.41, 5.74) is 2.24. The predicted molar refractivity (Wildman–Crippen MR) is 114 cm³/mol. The Kier molecular flexibility index (Phi) is 5.79. The Balaban J connectivity index is 1.60. The molecule has 1 aliphatic rings. The van der Waals surface area contributed by atoms with E-state index in [2.05, 4.69) is 25.6 Å². The van der Waals surface area contributed by atoms with Crippen molar-refractivity contribution in [2.45, 2.75) is 31.5 Å². The SMILES string of the molecule is Cc1ccc(C2(Nc3nc(Nc4ccc(C(=O)O)cc4)nc(OCC(F)(F)F)n3)CC2)cc1. The van der Waals surface area contributed by atoms with Crippen LogP contribution in [0.1, 0.15) is 34.3 Å². The fraction of sp³-hybridized carbons (Fsp3) is 0.273. The average Bonchev–Trinajstić information content (AvgIpc) is 3.53. The van der Waals surface area contributed by atoms with Gasteiger partial charge in [-0.05, 0) is 49.6 Å². The third kappa shape index (κ3) is 5.68. The first-order chi connectivity index (χ1) is 15.6. The van der Waals surface area contributed by atoms with Crippen LogP contribution >= 0.6 is 0 Å². The van der Waals surface area contributed by atoms with Gasteiger partial charge in [0.2, 0.25) is 11.9 Å². The van der Waals surface area contributed by atoms with E-state index in [0.29, 0.717) is 5.69 Å². The van der Waals surface area contributed by atoms with Crippen molar-refractivity contribution in [1.82, 2.24) is 15.0 Å². The maximum absolute atomic E-state index is 12.7. The lowest BCUT2D eigenvalue weighted by Crippen LogP contribution is -2.23. The molecule has 1 fully saturated rings. The number of aromatic nitrogens is 3. The van der Waals surface area contributed by atoms with E-state index in [1.807, 2.05) is 31.2 Å². The summed E-state index contributed by atoms with van der Waals surface area (Å²) in [6, 6.07) is 13.2. The van der Waals surface area contributed by atoms with Gasteiger partial charge in [-0.1, -0.05) is 29.8 Å². The topological polar surface area (TPSA) is 109 Å². The molecule has 1 aliphatic carbocycles. The van der Waals surface area contributed by atoms with Gasteiger partial charge in [-0.15, -0.1) is 0 Å². The maximum atomic E-state index is 12.7. The van der Waals surface area contributed by atoms with Gasteiger partial charge in [0, 0.05) is 5.69 Å². The Labute approximate surface area is 186 Å². The number of nitrogens with zero attached hydrogens (tertiary/aromatic N) is 3. The summed E-state index contributed by atoms with van der Waals surface area (Å²) in [6.07, 6.45) is -2.94. The third-order valence-corrected chi connectivity index (χ3v) is 5.07. The van der Waals surface area contributed by atoms with Crippen molar-refractivity contribution in [2.24, 2.45) is 0 Å². The van der Waals surface area contributed by atoms with Gasteiger partial charge in [-0.2, -0.15) is 28.1 Å². The number of nitrogens with one attached hydrogen (secondary N) is 2. The molecule has 4 rings (SSSR count). The molecule has 3 aromatic rings. The van der Waals surface area contributed by atoms with E-state index in [4.69, 9.17) is 9.84 Å². The fourth-order valence-corrected chi connectivity index (χ4v) is 3.20. The van der Waals surface area contributed by atoms with Gasteiger partial charge in [0.05, 0.1) is 11.1 Å². The van der Waals surface area contributed by atoms with Crippen LogP contribution in [0.25, 0.3) is 0 Å². The van der Waals surface area contributed by atoms with Gasteiger partial charge in [-0.3, -0.25) is 0 Å². The summed E-state index contributed by atoms with van der Waals surface area (Å²) in [5, 5.41) is 15.1. The number of carboxylic acid groups (broad SMARTS) is 1. The van der Waals surface area contributed by atoms with E-state index in [0.717, 1.165) is 24.0 Å². The lowest BCUT2D eigenvalue weighted by molar-refractivity contribution is -0.154. The summed E-state index contributed by atoms with van der Waals surface area (Å²) in [6.45, 7) is 0.431. The molecular weight excluding hydrogens is 439 g/mol. The van der Waals surface area contributed by atoms with Gasteiger partial charge in [-0.25, -0.2) is 4.79 Å². The standard InChI is InChI=1S/C22H20F3N5O3/c1-13-2-6-15(7-3-13)21(10-11-21)30-19-27-18(28-20(29-19)33-12-22(23,24)25)26-16-8-4-14(5-9-16)17(31)32/h2-9H,10-12H2,1H3,(H,31,32)(H2,26,27,28,29,30). The van der Waals surface area contributed by atoms with Crippen LogP contribution in [0.4, 0.5) is 30.8 Å². The zero-order valence-electron chi connectivity index (χ0n) is 17.5. The van der Waals surface area contributed by atoms with Gasteiger partial charge in [0.1, 0.15) is 0 Å². The highest BCUT2D eigenvalue weighted by molar-refractivity contribution is 5.88. The van der Waals surface area contributed by atoms with E-state index in [1.165, 1.54) is 24.3 Å². The van der Waals surface area contributed by atoms with Gasteiger partial charge < -0.3 is 20.5 Å². The van der Waals surface area contributed by atoms with E-state index in [9.17, 15) is 18.0 Å². The first kappa shape index (κ1) is 22.3. The molecule has 0 radical (unpaired) electrons.